The predicted molar refractivity (Wildman–Crippen MR) is 121 cm³/mol. The van der Waals surface area contributed by atoms with Gasteiger partial charge in [-0.3, -0.25) is 0 Å². The van der Waals surface area contributed by atoms with Gasteiger partial charge in [-0.1, -0.05) is 18.2 Å². The first-order valence-corrected chi connectivity index (χ1v) is 16.6. The summed E-state index contributed by atoms with van der Waals surface area (Å²) in [5.74, 6) is 0. The van der Waals surface area contributed by atoms with Crippen LogP contribution in [0.15, 0.2) is 18.2 Å². The summed E-state index contributed by atoms with van der Waals surface area (Å²) in [6.07, 6.45) is 22.5. The van der Waals surface area contributed by atoms with Crippen LogP contribution < -0.4 is 0 Å². The van der Waals surface area contributed by atoms with Gasteiger partial charge in [0.25, 0.3) is 0 Å². The second-order valence-electron chi connectivity index (χ2n) is 11.0. The summed E-state index contributed by atoms with van der Waals surface area (Å²) in [4.78, 5) is 0. The minimum absolute atomic E-state index is 0.834. The average molecular weight is 399 g/mol. The van der Waals surface area contributed by atoms with Crippen LogP contribution in [0.2, 0.25) is 0 Å². The molecule has 4 fully saturated rings. The van der Waals surface area contributed by atoms with Gasteiger partial charge in [0, 0.05) is 16.7 Å². The minimum Gasteiger partial charge on any atom is -0.0614 e. The molecule has 0 unspecified atom stereocenters. The zero-order chi connectivity index (χ0) is 17.6. The maximum Gasteiger partial charge on any atom is 0.195 e. The maximum atomic E-state index is 2.60. The fraction of sp³-hybridized carbons (Fsp3) is 0.760. The molecule has 6 heterocycles. The van der Waals surface area contributed by atoms with Crippen molar-refractivity contribution in [3.05, 3.63) is 34.9 Å². The molecule has 0 amide bonds. The Hall–Kier alpha value is 0.0800. The Balaban J connectivity index is 1.48. The van der Waals surface area contributed by atoms with Crippen molar-refractivity contribution in [1.29, 1.82) is 0 Å². The van der Waals surface area contributed by atoms with Crippen molar-refractivity contribution in [3.8, 4) is 0 Å². The summed E-state index contributed by atoms with van der Waals surface area (Å²) in [7, 11) is -1.67. The Morgan fingerprint density at radius 3 is 1.30 bits per heavy atom. The van der Waals surface area contributed by atoms with Crippen LogP contribution in [-0.2, 0) is 12.3 Å². The maximum absolute atomic E-state index is 2.60. The highest BCUT2D eigenvalue weighted by atomic mass is 31.2. The molecule has 144 valence electrons. The van der Waals surface area contributed by atoms with Crippen LogP contribution in [0.5, 0.6) is 0 Å². The lowest BCUT2D eigenvalue weighted by Crippen LogP contribution is -2.40. The molecule has 2 spiro atoms. The summed E-state index contributed by atoms with van der Waals surface area (Å²) in [5, 5.41) is 1.18. The standard InChI is InChI=1S/C25H36P2/c1-6-18-16-26(20-8-2-9-21(26)11-3-10-20)25-24(18)19(7-1)17-27(25)22-12-4-13-23(27)15-5-14-22/h1,6-7,20-23,25H,2-5,8-17H2/q+2. The van der Waals surface area contributed by atoms with E-state index in [2.05, 4.69) is 18.2 Å². The van der Waals surface area contributed by atoms with Crippen molar-refractivity contribution < 1.29 is 0 Å². The molecule has 0 aromatic heterocycles. The van der Waals surface area contributed by atoms with Gasteiger partial charge in [-0.2, -0.15) is 0 Å². The van der Waals surface area contributed by atoms with Gasteiger partial charge in [-0.25, -0.2) is 0 Å². The van der Waals surface area contributed by atoms with Crippen LogP contribution in [0.1, 0.15) is 99.1 Å². The lowest BCUT2D eigenvalue weighted by Gasteiger charge is -2.54. The second kappa shape index (κ2) is 5.82. The lowest BCUT2D eigenvalue weighted by atomic mass is 9.99. The van der Waals surface area contributed by atoms with E-state index in [1.807, 2.05) is 16.7 Å². The number of hydrogen-bond acceptors (Lipinski definition) is 0. The van der Waals surface area contributed by atoms with Gasteiger partial charge in [0.2, 0.25) is 0 Å². The molecule has 6 aliphatic heterocycles. The molecule has 7 rings (SSSR count). The van der Waals surface area contributed by atoms with Crippen LogP contribution in [0.25, 0.3) is 0 Å². The summed E-state index contributed by atoms with van der Waals surface area (Å²) < 4.78 is 0. The van der Waals surface area contributed by atoms with E-state index in [1.165, 1.54) is 28.0 Å². The van der Waals surface area contributed by atoms with Gasteiger partial charge in [0.05, 0.1) is 49.5 Å². The molecular weight excluding hydrogens is 362 g/mol. The molecule has 1 aromatic rings. The Bertz CT molecular complexity index is 678. The topological polar surface area (TPSA) is 0 Å². The van der Waals surface area contributed by atoms with Crippen LogP contribution in [0.3, 0.4) is 0 Å². The first kappa shape index (κ1) is 16.8. The average Bonchev–Trinajstić information content (AvgIpc) is 3.14. The van der Waals surface area contributed by atoms with E-state index in [4.69, 9.17) is 0 Å². The van der Waals surface area contributed by atoms with Crippen molar-refractivity contribution in [1.82, 2.24) is 0 Å². The number of hydrogen-bond donors (Lipinski definition) is 0. The lowest BCUT2D eigenvalue weighted by molar-refractivity contribution is 0.455. The largest absolute Gasteiger partial charge is 0.195 e. The third-order valence-corrected chi connectivity index (χ3v) is 24.6. The number of benzene rings is 1. The molecule has 0 nitrogen and oxygen atoms in total. The molecule has 0 atom stereocenters. The van der Waals surface area contributed by atoms with Crippen LogP contribution >= 0.6 is 14.5 Å². The van der Waals surface area contributed by atoms with Crippen molar-refractivity contribution in [2.75, 3.05) is 0 Å². The molecule has 0 saturated carbocycles. The highest BCUT2D eigenvalue weighted by Crippen LogP contribution is 3.03. The zero-order valence-corrected chi connectivity index (χ0v) is 18.7. The predicted octanol–water partition coefficient (Wildman–Crippen LogP) is 7.96. The monoisotopic (exact) mass is 398 g/mol. The molecule has 4 bridgehead atoms. The third kappa shape index (κ3) is 1.95. The molecule has 0 radical (unpaired) electrons. The van der Waals surface area contributed by atoms with E-state index < -0.39 is 14.5 Å². The molecule has 27 heavy (non-hydrogen) atoms. The van der Waals surface area contributed by atoms with E-state index in [1.54, 1.807) is 89.4 Å². The quantitative estimate of drug-likeness (QED) is 0.389. The first-order valence-electron chi connectivity index (χ1n) is 12.2. The van der Waals surface area contributed by atoms with Crippen molar-refractivity contribution in [2.45, 2.75) is 117 Å². The SMILES string of the molecule is c1cc2c3c(c1)C[P+]1(C4CCCC1CCC4)C3[P+]1(C2)C2CCCC1CCC2. The molecule has 2 heteroatoms. The van der Waals surface area contributed by atoms with Crippen LogP contribution in [0.4, 0.5) is 0 Å². The van der Waals surface area contributed by atoms with Crippen molar-refractivity contribution in [3.63, 3.8) is 0 Å². The van der Waals surface area contributed by atoms with Gasteiger partial charge in [-0.05, 0) is 77.0 Å². The van der Waals surface area contributed by atoms with E-state index in [9.17, 15) is 0 Å². The van der Waals surface area contributed by atoms with E-state index in [-0.39, 0.29) is 0 Å². The molecule has 6 aliphatic rings. The molecular formula is C25H36P2+2. The molecule has 4 saturated heterocycles. The summed E-state index contributed by atoms with van der Waals surface area (Å²) >= 11 is 0. The van der Waals surface area contributed by atoms with E-state index >= 15 is 0 Å². The first-order chi connectivity index (χ1) is 13.3. The van der Waals surface area contributed by atoms with Gasteiger partial charge in [-0.15, -0.1) is 0 Å². The number of rotatable bonds is 0. The second-order valence-corrected chi connectivity index (χ2v) is 20.0. The van der Waals surface area contributed by atoms with E-state index in [0.717, 1.165) is 0 Å². The normalized spacial score (nSPS) is 49.6. The smallest absolute Gasteiger partial charge is 0.0614 e. The Morgan fingerprint density at radius 1 is 0.556 bits per heavy atom. The fourth-order valence-electron chi connectivity index (χ4n) is 9.69. The highest BCUT2D eigenvalue weighted by molar-refractivity contribution is 7.93. The summed E-state index contributed by atoms with van der Waals surface area (Å²) in [5.41, 5.74) is 10.6. The Morgan fingerprint density at radius 2 is 0.926 bits per heavy atom. The third-order valence-electron chi connectivity index (χ3n) is 10.4. The van der Waals surface area contributed by atoms with Gasteiger partial charge in [0.15, 0.2) is 5.40 Å². The minimum atomic E-state index is -0.834. The van der Waals surface area contributed by atoms with Gasteiger partial charge < -0.3 is 0 Å². The van der Waals surface area contributed by atoms with Gasteiger partial charge >= 0.3 is 0 Å². The molecule has 0 N–H and O–H groups in total. The zero-order valence-electron chi connectivity index (χ0n) is 16.9. The Labute approximate surface area is 166 Å². The highest BCUT2D eigenvalue weighted by Gasteiger charge is 2.79. The van der Waals surface area contributed by atoms with Crippen molar-refractivity contribution in [2.24, 2.45) is 0 Å². The summed E-state index contributed by atoms with van der Waals surface area (Å²) in [6.45, 7) is 0. The molecule has 1 aromatic carbocycles. The van der Waals surface area contributed by atoms with Crippen LogP contribution in [-0.4, -0.2) is 22.6 Å². The van der Waals surface area contributed by atoms with E-state index in [0.29, 0.717) is 0 Å². The Kier molecular flexibility index (Phi) is 3.63. The molecule has 0 aliphatic carbocycles. The fourth-order valence-corrected chi connectivity index (χ4v) is 28.5. The summed E-state index contributed by atoms with van der Waals surface area (Å²) in [6, 6.07) is 7.67. The van der Waals surface area contributed by atoms with Crippen molar-refractivity contribution >= 4 is 14.5 Å². The van der Waals surface area contributed by atoms with Gasteiger partial charge in [0.1, 0.15) is 0 Å². The van der Waals surface area contributed by atoms with Crippen LogP contribution in [0, 0.1) is 0 Å².